The van der Waals surface area contributed by atoms with Crippen molar-refractivity contribution in [3.8, 4) is 6.07 Å². The molecule has 4 aliphatic heterocycles. The fourth-order valence-electron chi connectivity index (χ4n) is 10.8. The van der Waals surface area contributed by atoms with E-state index in [9.17, 15) is 10.1 Å². The van der Waals surface area contributed by atoms with E-state index >= 15 is 4.79 Å². The molecule has 1 aromatic carbocycles. The first kappa shape index (κ1) is 35.6. The molecule has 3 saturated heterocycles. The van der Waals surface area contributed by atoms with Crippen LogP contribution < -0.4 is 15.5 Å². The number of ketones is 1. The molecule has 5 fully saturated rings. The van der Waals surface area contributed by atoms with Gasteiger partial charge in [-0.15, -0.1) is 0 Å². The van der Waals surface area contributed by atoms with Crippen LogP contribution in [0.2, 0.25) is 0 Å². The van der Waals surface area contributed by atoms with Gasteiger partial charge in [-0.05, 0) is 75.7 Å². The third-order valence-corrected chi connectivity index (χ3v) is 13.7. The predicted octanol–water partition coefficient (Wildman–Crippen LogP) is 4.44. The van der Waals surface area contributed by atoms with Crippen molar-refractivity contribution in [2.45, 2.75) is 114 Å². The zero-order chi connectivity index (χ0) is 35.0. The molecule has 10 nitrogen and oxygen atoms in total. The Morgan fingerprint density at radius 1 is 1.04 bits per heavy atom. The predicted molar refractivity (Wildman–Crippen MR) is 195 cm³/mol. The maximum Gasteiger partial charge on any atom is 0.246 e. The lowest BCUT2D eigenvalue weighted by atomic mass is 9.57. The van der Waals surface area contributed by atoms with Crippen molar-refractivity contribution in [2.24, 2.45) is 17.3 Å². The summed E-state index contributed by atoms with van der Waals surface area (Å²) < 4.78 is 7.29. The summed E-state index contributed by atoms with van der Waals surface area (Å²) in [5.41, 5.74) is 1.98. The van der Waals surface area contributed by atoms with Gasteiger partial charge in [0, 0.05) is 56.8 Å². The number of Topliss-reactive ketones (excluding diaryl/α,β-unsaturated/α-hetero) is 1. The van der Waals surface area contributed by atoms with Crippen molar-refractivity contribution in [3.63, 3.8) is 0 Å². The Labute approximate surface area is 299 Å². The molecule has 7 rings (SSSR count). The maximum atomic E-state index is 15.5. The van der Waals surface area contributed by atoms with Crippen LogP contribution in [0.1, 0.15) is 89.0 Å². The smallest absolute Gasteiger partial charge is 0.246 e. The highest BCUT2D eigenvalue weighted by molar-refractivity contribution is 5.93. The van der Waals surface area contributed by atoms with Crippen LogP contribution in [-0.2, 0) is 14.3 Å². The normalized spacial score (nSPS) is 37.2. The molecule has 6 aliphatic rings. The van der Waals surface area contributed by atoms with Crippen LogP contribution in [0.25, 0.3) is 0 Å². The second kappa shape index (κ2) is 14.7. The summed E-state index contributed by atoms with van der Waals surface area (Å²) in [4.78, 5) is 37.4. The molecule has 4 heterocycles. The molecule has 1 aromatic rings. The Morgan fingerprint density at radius 2 is 1.82 bits per heavy atom. The van der Waals surface area contributed by atoms with E-state index in [0.29, 0.717) is 44.6 Å². The molecule has 0 aromatic heterocycles. The van der Waals surface area contributed by atoms with Gasteiger partial charge in [0.25, 0.3) is 0 Å². The first-order chi connectivity index (χ1) is 24.2. The van der Waals surface area contributed by atoms with Crippen LogP contribution >= 0.6 is 0 Å². The highest BCUT2D eigenvalue weighted by Crippen LogP contribution is 2.54. The van der Waals surface area contributed by atoms with E-state index < -0.39 is 11.3 Å². The number of para-hydroxylation sites is 1. The minimum absolute atomic E-state index is 0.0313. The molecule has 7 unspecified atom stereocenters. The molecule has 1 amide bonds. The Morgan fingerprint density at radius 3 is 2.54 bits per heavy atom. The van der Waals surface area contributed by atoms with Gasteiger partial charge in [0.2, 0.25) is 5.91 Å². The number of fused-ring (bicyclic) bond motifs is 2. The number of carbonyl (C=O) groups is 2. The topological polar surface area (TPSA) is 104 Å². The van der Waals surface area contributed by atoms with E-state index in [1.807, 2.05) is 4.90 Å². The third-order valence-electron chi connectivity index (χ3n) is 13.7. The van der Waals surface area contributed by atoms with E-state index in [-0.39, 0.29) is 48.3 Å². The number of carbonyl (C=O) groups excluding carboxylic acids is 2. The first-order valence-corrected chi connectivity index (χ1v) is 19.5. The molecule has 0 radical (unpaired) electrons. The number of nitrogens with one attached hydrogen (secondary N) is 2. The summed E-state index contributed by atoms with van der Waals surface area (Å²) in [6, 6.07) is 10.7. The standard InChI is InChI=1S/C40H59N7O3/c1-5-35(48)47-24-23-46(25-30(47)19-21-41)38-33-18-20-39(27-45(4)34-17-11-10-16-32(34)28(39)2)37(49)36(33)42-40(43-38,29-13-8-6-7-9-14-29)50-26-31-15-12-22-44(31)3/h5,10-11,16-17,28-31,33,36,38,42-43H,1,6-9,12-15,18-20,22-27H2,2-4H3/t28?,30?,31?,33?,36?,38?,39-,40?/m1/s1. The van der Waals surface area contributed by atoms with Crippen molar-refractivity contribution in [1.82, 2.24) is 25.3 Å². The van der Waals surface area contributed by atoms with Crippen LogP contribution in [0.5, 0.6) is 0 Å². The lowest BCUT2D eigenvalue weighted by Gasteiger charge is -2.61. The van der Waals surface area contributed by atoms with Crippen LogP contribution in [0.15, 0.2) is 36.9 Å². The van der Waals surface area contributed by atoms with E-state index in [1.165, 1.54) is 36.6 Å². The van der Waals surface area contributed by atoms with Gasteiger partial charge < -0.3 is 19.4 Å². The average molecular weight is 686 g/mol. The van der Waals surface area contributed by atoms with E-state index in [2.05, 4.69) is 83.3 Å². The SMILES string of the molecule is C=CC(=O)N1CCN(C2NC(OCC3CCCN3C)(C3CCCCCC3)NC3C(=O)[C@]4(CCC32)CN(C)c2ccccc2C4C)CC1CC#N. The summed E-state index contributed by atoms with van der Waals surface area (Å²) >= 11 is 0. The zero-order valence-corrected chi connectivity index (χ0v) is 30.6. The lowest BCUT2D eigenvalue weighted by molar-refractivity contribution is -0.208. The van der Waals surface area contributed by atoms with Crippen molar-refractivity contribution in [3.05, 3.63) is 42.5 Å². The number of hydrogen-bond donors (Lipinski definition) is 2. The van der Waals surface area contributed by atoms with Crippen LogP contribution in [0.4, 0.5) is 5.69 Å². The molecule has 0 bridgehead atoms. The van der Waals surface area contributed by atoms with Gasteiger partial charge in [0.1, 0.15) is 0 Å². The average Bonchev–Trinajstić information content (AvgIpc) is 3.35. The molecule has 8 atom stereocenters. The highest BCUT2D eigenvalue weighted by Gasteiger charge is 2.61. The van der Waals surface area contributed by atoms with E-state index in [0.717, 1.165) is 51.5 Å². The van der Waals surface area contributed by atoms with E-state index in [1.54, 1.807) is 0 Å². The largest absolute Gasteiger partial charge is 0.373 e. The second-order valence-corrected chi connectivity index (χ2v) is 16.3. The Kier molecular flexibility index (Phi) is 10.4. The highest BCUT2D eigenvalue weighted by atomic mass is 16.5. The van der Waals surface area contributed by atoms with Crippen molar-refractivity contribution in [1.29, 1.82) is 5.26 Å². The fourth-order valence-corrected chi connectivity index (χ4v) is 10.8. The minimum Gasteiger partial charge on any atom is -0.373 e. The van der Waals surface area contributed by atoms with Gasteiger partial charge in [-0.2, -0.15) is 5.26 Å². The molecule has 10 heteroatoms. The Hall–Kier alpha value is -2.81. The number of nitrogens with zero attached hydrogens (tertiary/aromatic N) is 5. The number of ether oxygens (including phenoxy) is 1. The zero-order valence-electron chi connectivity index (χ0n) is 30.6. The second-order valence-electron chi connectivity index (χ2n) is 16.3. The van der Waals surface area contributed by atoms with Crippen LogP contribution in [0, 0.1) is 28.6 Å². The Balaban J connectivity index is 1.27. The van der Waals surface area contributed by atoms with Gasteiger partial charge in [0.05, 0.1) is 42.8 Å². The number of rotatable bonds is 7. The van der Waals surface area contributed by atoms with Crippen molar-refractivity contribution >= 4 is 17.4 Å². The molecule has 2 saturated carbocycles. The summed E-state index contributed by atoms with van der Waals surface area (Å²) in [6.45, 7) is 10.2. The molecular formula is C40H59N7O3. The van der Waals surface area contributed by atoms with Gasteiger partial charge in [-0.1, -0.05) is 57.4 Å². The number of benzene rings is 1. The number of anilines is 1. The van der Waals surface area contributed by atoms with Crippen molar-refractivity contribution in [2.75, 3.05) is 58.3 Å². The first-order valence-electron chi connectivity index (χ1n) is 19.5. The summed E-state index contributed by atoms with van der Waals surface area (Å²) in [5.74, 6) is -0.298. The third kappa shape index (κ3) is 6.32. The molecule has 50 heavy (non-hydrogen) atoms. The molecular weight excluding hydrogens is 626 g/mol. The number of likely N-dealkylation sites (N-methyl/N-ethyl adjacent to an activating group) is 1. The quantitative estimate of drug-likeness (QED) is 0.319. The van der Waals surface area contributed by atoms with Gasteiger partial charge in [-0.25, -0.2) is 0 Å². The molecule has 272 valence electrons. The van der Waals surface area contributed by atoms with Crippen LogP contribution in [0.3, 0.4) is 0 Å². The Bertz CT molecular complexity index is 1460. The molecule has 2 aliphatic carbocycles. The summed E-state index contributed by atoms with van der Waals surface area (Å²) in [7, 11) is 4.34. The number of amides is 1. The minimum atomic E-state index is -0.853. The number of nitriles is 1. The van der Waals surface area contributed by atoms with E-state index in [4.69, 9.17) is 4.74 Å². The molecule has 2 N–H and O–H groups in total. The van der Waals surface area contributed by atoms with Gasteiger partial charge in [-0.3, -0.25) is 25.1 Å². The monoisotopic (exact) mass is 685 g/mol. The van der Waals surface area contributed by atoms with Crippen molar-refractivity contribution < 1.29 is 14.3 Å². The summed E-state index contributed by atoms with van der Waals surface area (Å²) in [6.07, 6.45) is 12.4. The number of piperazine rings is 1. The summed E-state index contributed by atoms with van der Waals surface area (Å²) in [5, 5.41) is 18.0. The maximum absolute atomic E-state index is 15.5. The van der Waals surface area contributed by atoms with Gasteiger partial charge >= 0.3 is 0 Å². The lowest BCUT2D eigenvalue weighted by Crippen LogP contribution is -2.82. The van der Waals surface area contributed by atoms with Gasteiger partial charge in [0.15, 0.2) is 11.6 Å². The number of likely N-dealkylation sites (tertiary alicyclic amines) is 1. The van der Waals surface area contributed by atoms with Crippen LogP contribution in [-0.4, -0.2) is 110 Å². The number of hydrogen-bond acceptors (Lipinski definition) is 9. The fraction of sp³-hybridized carbons (Fsp3) is 0.725. The molecule has 1 spiro atoms.